The predicted octanol–water partition coefficient (Wildman–Crippen LogP) is 2.99. The second kappa shape index (κ2) is 7.60. The predicted molar refractivity (Wildman–Crippen MR) is 136 cm³/mol. The zero-order valence-corrected chi connectivity index (χ0v) is 19.6. The van der Waals surface area contributed by atoms with Crippen LogP contribution < -0.4 is 10.2 Å². The smallest absolute Gasteiger partial charge is 0.259 e. The van der Waals surface area contributed by atoms with Crippen LogP contribution in [-0.2, 0) is 23.7 Å². The minimum Gasteiger partial charge on any atom is -0.369 e. The van der Waals surface area contributed by atoms with Gasteiger partial charge in [-0.15, -0.1) is 0 Å². The van der Waals surface area contributed by atoms with Gasteiger partial charge in [-0.25, -0.2) is 0 Å². The number of carbonyl (C=O) groups is 2. The molecule has 2 aromatic carbocycles. The first kappa shape index (κ1) is 20.7. The first-order valence-corrected chi connectivity index (χ1v) is 11.6. The minimum atomic E-state index is -0.345. The number of rotatable bonds is 3. The Bertz CT molecular complexity index is 1510. The zero-order valence-electron chi connectivity index (χ0n) is 19.6. The molecule has 0 spiro atoms. The van der Waals surface area contributed by atoms with Crippen LogP contribution in [-0.4, -0.2) is 59.1 Å². The molecular formula is C27H27N5O2. The lowest BCUT2D eigenvalue weighted by Crippen LogP contribution is -2.44. The number of aryl methyl sites for hydroxylation is 2. The maximum atomic E-state index is 13.1. The van der Waals surface area contributed by atoms with E-state index in [1.807, 2.05) is 59.9 Å². The third-order valence-electron chi connectivity index (χ3n) is 7.21. The fourth-order valence-corrected chi connectivity index (χ4v) is 5.34. The molecular weight excluding hydrogens is 426 g/mol. The first-order valence-electron chi connectivity index (χ1n) is 11.6. The van der Waals surface area contributed by atoms with E-state index < -0.39 is 0 Å². The summed E-state index contributed by atoms with van der Waals surface area (Å²) in [5, 5.41) is 4.47. The number of hydrogen-bond donors (Lipinski definition) is 1. The summed E-state index contributed by atoms with van der Waals surface area (Å²) >= 11 is 0. The van der Waals surface area contributed by atoms with Crippen LogP contribution in [0.5, 0.6) is 0 Å². The Labute approximate surface area is 197 Å². The van der Waals surface area contributed by atoms with Crippen molar-refractivity contribution < 1.29 is 9.59 Å². The largest absolute Gasteiger partial charge is 0.369 e. The summed E-state index contributed by atoms with van der Waals surface area (Å²) in [6.45, 7) is 4.07. The number of nitrogens with zero attached hydrogens (tertiary/aromatic N) is 4. The van der Waals surface area contributed by atoms with E-state index in [0.717, 1.165) is 59.1 Å². The number of imide groups is 1. The van der Waals surface area contributed by atoms with E-state index in [4.69, 9.17) is 0 Å². The Balaban J connectivity index is 1.52. The maximum absolute atomic E-state index is 13.1. The summed E-state index contributed by atoms with van der Waals surface area (Å²) in [5.41, 5.74) is 5.70. The van der Waals surface area contributed by atoms with E-state index in [0.29, 0.717) is 11.1 Å². The molecule has 0 aliphatic carbocycles. The van der Waals surface area contributed by atoms with E-state index in [2.05, 4.69) is 40.4 Å². The van der Waals surface area contributed by atoms with Gasteiger partial charge in [-0.1, -0.05) is 24.3 Å². The summed E-state index contributed by atoms with van der Waals surface area (Å²) in [6, 6.07) is 14.4. The van der Waals surface area contributed by atoms with Crippen LogP contribution in [0.2, 0.25) is 0 Å². The van der Waals surface area contributed by atoms with Gasteiger partial charge in [0.15, 0.2) is 0 Å². The lowest BCUT2D eigenvalue weighted by atomic mass is 9.95. The van der Waals surface area contributed by atoms with Gasteiger partial charge in [0.25, 0.3) is 11.8 Å². The lowest BCUT2D eigenvalue weighted by Gasteiger charge is -2.34. The molecule has 0 radical (unpaired) electrons. The number of amides is 2. The summed E-state index contributed by atoms with van der Waals surface area (Å²) < 4.78 is 4.05. The Morgan fingerprint density at radius 3 is 1.97 bits per heavy atom. The van der Waals surface area contributed by atoms with E-state index in [-0.39, 0.29) is 11.8 Å². The number of benzene rings is 2. The molecule has 7 heteroatoms. The number of para-hydroxylation sites is 1. The molecule has 0 saturated carbocycles. The van der Waals surface area contributed by atoms with Crippen molar-refractivity contribution in [2.24, 2.45) is 14.1 Å². The summed E-state index contributed by atoms with van der Waals surface area (Å²) in [6.07, 6.45) is 3.91. The van der Waals surface area contributed by atoms with Gasteiger partial charge in [0.2, 0.25) is 0 Å². The molecule has 4 aromatic rings. The van der Waals surface area contributed by atoms with Crippen molar-refractivity contribution in [1.82, 2.24) is 19.4 Å². The molecule has 34 heavy (non-hydrogen) atoms. The van der Waals surface area contributed by atoms with Gasteiger partial charge in [-0.3, -0.25) is 14.9 Å². The van der Waals surface area contributed by atoms with Crippen molar-refractivity contribution in [2.45, 2.75) is 0 Å². The number of likely N-dealkylation sites (N-methyl/N-ethyl adjacent to an activating group) is 1. The molecule has 1 saturated heterocycles. The third kappa shape index (κ3) is 3.08. The van der Waals surface area contributed by atoms with Gasteiger partial charge in [0.1, 0.15) is 0 Å². The SMILES string of the molecule is CN1CCN(c2ccc3c(C4=C(c5cn(C)c6ccccc56)C(=O)NC4=O)cn(C)c3c2)CC1. The van der Waals surface area contributed by atoms with Gasteiger partial charge < -0.3 is 18.9 Å². The number of anilines is 1. The lowest BCUT2D eigenvalue weighted by molar-refractivity contribution is -0.122. The van der Waals surface area contributed by atoms with Gasteiger partial charge >= 0.3 is 0 Å². The number of piperazine rings is 1. The van der Waals surface area contributed by atoms with Crippen molar-refractivity contribution in [2.75, 3.05) is 38.1 Å². The second-order valence-corrected chi connectivity index (χ2v) is 9.35. The average molecular weight is 454 g/mol. The Hall–Kier alpha value is -3.84. The summed E-state index contributed by atoms with van der Waals surface area (Å²) in [5.74, 6) is -0.689. The van der Waals surface area contributed by atoms with Gasteiger partial charge in [0, 0.05) is 85.8 Å². The fraction of sp³-hybridized carbons (Fsp3) is 0.259. The highest BCUT2D eigenvalue weighted by Gasteiger charge is 2.35. The topological polar surface area (TPSA) is 62.5 Å². The van der Waals surface area contributed by atoms with Gasteiger partial charge in [-0.2, -0.15) is 0 Å². The third-order valence-corrected chi connectivity index (χ3v) is 7.21. The Morgan fingerprint density at radius 1 is 0.706 bits per heavy atom. The van der Waals surface area contributed by atoms with Crippen molar-refractivity contribution >= 4 is 50.5 Å². The van der Waals surface area contributed by atoms with E-state index in [1.54, 1.807) is 0 Å². The Kier molecular flexibility index (Phi) is 4.64. The van der Waals surface area contributed by atoms with Gasteiger partial charge in [0.05, 0.1) is 16.7 Å². The zero-order chi connectivity index (χ0) is 23.6. The molecule has 4 heterocycles. The number of fused-ring (bicyclic) bond motifs is 2. The van der Waals surface area contributed by atoms with Gasteiger partial charge in [-0.05, 0) is 25.2 Å². The van der Waals surface area contributed by atoms with Crippen LogP contribution in [0.1, 0.15) is 11.1 Å². The summed E-state index contributed by atoms with van der Waals surface area (Å²) in [4.78, 5) is 30.9. The molecule has 2 aliphatic rings. The molecule has 172 valence electrons. The van der Waals surface area contributed by atoms with E-state index >= 15 is 0 Å². The highest BCUT2D eigenvalue weighted by atomic mass is 16.2. The molecule has 6 rings (SSSR count). The van der Waals surface area contributed by atoms with Crippen LogP contribution >= 0.6 is 0 Å². The number of carbonyl (C=O) groups excluding carboxylic acids is 2. The highest BCUT2D eigenvalue weighted by Crippen LogP contribution is 2.39. The standard InChI is InChI=1S/C27H27N5O2/c1-29-10-12-32(13-11-29)17-8-9-19-21(16-31(3)23(19)14-17)25-24(26(33)28-27(25)34)20-15-30(2)22-7-5-4-6-18(20)22/h4-9,14-16H,10-13H2,1-3H3,(H,28,33,34). The molecule has 7 nitrogen and oxygen atoms in total. The molecule has 0 bridgehead atoms. The second-order valence-electron chi connectivity index (χ2n) is 9.35. The fourth-order valence-electron chi connectivity index (χ4n) is 5.34. The molecule has 0 unspecified atom stereocenters. The maximum Gasteiger partial charge on any atom is 0.259 e. The van der Waals surface area contributed by atoms with Crippen LogP contribution in [0.3, 0.4) is 0 Å². The number of aromatic nitrogens is 2. The quantitative estimate of drug-likeness (QED) is 0.485. The highest BCUT2D eigenvalue weighted by molar-refractivity contribution is 6.50. The van der Waals surface area contributed by atoms with E-state index in [9.17, 15) is 9.59 Å². The number of hydrogen-bond acceptors (Lipinski definition) is 4. The first-order chi connectivity index (χ1) is 16.4. The van der Waals surface area contributed by atoms with Crippen LogP contribution in [0.25, 0.3) is 33.0 Å². The molecule has 0 atom stereocenters. The summed E-state index contributed by atoms with van der Waals surface area (Å²) in [7, 11) is 6.10. The van der Waals surface area contributed by atoms with Crippen molar-refractivity contribution in [1.29, 1.82) is 0 Å². The molecule has 2 aliphatic heterocycles. The average Bonchev–Trinajstić information content (AvgIpc) is 3.44. The molecule has 1 N–H and O–H groups in total. The van der Waals surface area contributed by atoms with E-state index in [1.165, 1.54) is 5.69 Å². The van der Waals surface area contributed by atoms with Crippen LogP contribution in [0, 0.1) is 0 Å². The molecule has 2 amide bonds. The van der Waals surface area contributed by atoms with Crippen molar-refractivity contribution in [3.8, 4) is 0 Å². The normalized spacial score (nSPS) is 17.4. The Morgan fingerprint density at radius 2 is 1.29 bits per heavy atom. The monoisotopic (exact) mass is 453 g/mol. The molecule has 1 fully saturated rings. The van der Waals surface area contributed by atoms with Crippen LogP contribution in [0.15, 0.2) is 54.9 Å². The number of nitrogens with one attached hydrogen (secondary N) is 1. The van der Waals surface area contributed by atoms with Crippen molar-refractivity contribution in [3.05, 3.63) is 66.0 Å². The molecule has 2 aromatic heterocycles. The minimum absolute atomic E-state index is 0.344. The van der Waals surface area contributed by atoms with Crippen molar-refractivity contribution in [3.63, 3.8) is 0 Å². The van der Waals surface area contributed by atoms with Crippen LogP contribution in [0.4, 0.5) is 5.69 Å².